The van der Waals surface area contributed by atoms with E-state index in [0.29, 0.717) is 41.1 Å². The van der Waals surface area contributed by atoms with Crippen molar-refractivity contribution in [1.29, 1.82) is 0 Å². The first-order valence-corrected chi connectivity index (χ1v) is 8.75. The van der Waals surface area contributed by atoms with Gasteiger partial charge in [-0.3, -0.25) is 9.59 Å². The summed E-state index contributed by atoms with van der Waals surface area (Å²) >= 11 is 0. The van der Waals surface area contributed by atoms with Gasteiger partial charge in [-0.25, -0.2) is 4.79 Å². The van der Waals surface area contributed by atoms with Gasteiger partial charge in [0.15, 0.2) is 5.78 Å². The molecule has 1 aliphatic rings. The van der Waals surface area contributed by atoms with Crippen molar-refractivity contribution in [3.8, 4) is 5.75 Å². The van der Waals surface area contributed by atoms with Crippen molar-refractivity contribution in [2.24, 2.45) is 0 Å². The van der Waals surface area contributed by atoms with Crippen molar-refractivity contribution < 1.29 is 23.9 Å². The Labute approximate surface area is 157 Å². The number of rotatable bonds is 6. The largest absolute Gasteiger partial charge is 0.496 e. The maximum atomic E-state index is 12.7. The average Bonchev–Trinajstić information content (AvgIpc) is 3.11. The van der Waals surface area contributed by atoms with Crippen LogP contribution < -0.4 is 9.64 Å². The van der Waals surface area contributed by atoms with Gasteiger partial charge in [-0.1, -0.05) is 12.1 Å². The molecule has 0 unspecified atom stereocenters. The molecular weight excluding hydrogens is 346 g/mol. The number of Topliss-reactive ketones (excluding diaryl/α,β-unsaturated/α-hetero) is 1. The molecule has 0 aromatic heterocycles. The predicted molar refractivity (Wildman–Crippen MR) is 100 cm³/mol. The van der Waals surface area contributed by atoms with Gasteiger partial charge in [0, 0.05) is 24.1 Å². The van der Waals surface area contributed by atoms with Gasteiger partial charge in [0.25, 0.3) is 0 Å². The zero-order chi connectivity index (χ0) is 19.4. The average molecular weight is 367 g/mol. The molecule has 0 radical (unpaired) electrons. The summed E-state index contributed by atoms with van der Waals surface area (Å²) in [6.45, 7) is 2.03. The van der Waals surface area contributed by atoms with E-state index < -0.39 is 5.97 Å². The van der Waals surface area contributed by atoms with Crippen molar-refractivity contribution >= 4 is 23.3 Å². The normalized spacial score (nSPS) is 13.6. The van der Waals surface area contributed by atoms with Crippen LogP contribution in [0.25, 0.3) is 0 Å². The minimum absolute atomic E-state index is 0.00563. The molecule has 3 rings (SSSR count). The lowest BCUT2D eigenvalue weighted by Crippen LogP contribution is -2.26. The van der Waals surface area contributed by atoms with E-state index >= 15 is 0 Å². The zero-order valence-electron chi connectivity index (χ0n) is 15.4. The number of carbonyl (C=O) groups is 3. The number of amides is 1. The molecular formula is C21H21NO5. The van der Waals surface area contributed by atoms with Gasteiger partial charge in [0.05, 0.1) is 18.4 Å². The van der Waals surface area contributed by atoms with Crippen molar-refractivity contribution in [3.05, 3.63) is 59.2 Å². The lowest BCUT2D eigenvalue weighted by Gasteiger charge is -2.19. The molecule has 2 aromatic rings. The highest BCUT2D eigenvalue weighted by Gasteiger charge is 2.26. The van der Waals surface area contributed by atoms with Crippen LogP contribution in [0.15, 0.2) is 42.5 Å². The molecule has 2 aromatic carbocycles. The fraction of sp³-hybridized carbons (Fsp3) is 0.286. The summed E-state index contributed by atoms with van der Waals surface area (Å²) < 4.78 is 10.7. The van der Waals surface area contributed by atoms with E-state index in [-0.39, 0.29) is 18.3 Å². The molecule has 1 amide bonds. The first-order valence-electron chi connectivity index (χ1n) is 8.75. The third-order valence-corrected chi connectivity index (χ3v) is 4.53. The molecule has 0 bridgehead atoms. The summed E-state index contributed by atoms with van der Waals surface area (Å²) in [5, 5.41) is 0. The number of anilines is 1. The fourth-order valence-electron chi connectivity index (χ4n) is 3.12. The number of carbonyl (C=O) groups excluding carboxylic acids is 3. The summed E-state index contributed by atoms with van der Waals surface area (Å²) in [5.74, 6) is -0.0643. The minimum atomic E-state index is -0.527. The van der Waals surface area contributed by atoms with Gasteiger partial charge in [0.2, 0.25) is 5.91 Å². The molecule has 140 valence electrons. The highest BCUT2D eigenvalue weighted by Crippen LogP contribution is 2.27. The molecule has 27 heavy (non-hydrogen) atoms. The van der Waals surface area contributed by atoms with Gasteiger partial charge in [0.1, 0.15) is 12.4 Å². The molecule has 0 atom stereocenters. The summed E-state index contributed by atoms with van der Waals surface area (Å²) in [6.07, 6.45) is 1.26. The minimum Gasteiger partial charge on any atom is -0.496 e. The Kier molecular flexibility index (Phi) is 5.54. The molecule has 0 spiro atoms. The molecule has 0 aliphatic carbocycles. The van der Waals surface area contributed by atoms with Crippen LogP contribution in [0, 0.1) is 0 Å². The maximum absolute atomic E-state index is 12.7. The van der Waals surface area contributed by atoms with Crippen molar-refractivity contribution in [2.45, 2.75) is 26.4 Å². The van der Waals surface area contributed by atoms with Crippen molar-refractivity contribution in [2.75, 3.05) is 18.6 Å². The molecule has 0 saturated carbocycles. The summed E-state index contributed by atoms with van der Waals surface area (Å²) in [5.41, 5.74) is 2.03. The predicted octanol–water partition coefficient (Wildman–Crippen LogP) is 3.38. The lowest BCUT2D eigenvalue weighted by molar-refractivity contribution is -0.117. The van der Waals surface area contributed by atoms with E-state index in [1.54, 1.807) is 47.4 Å². The SMILES string of the molecule is COc1ccc(C(C)=O)cc1COC(=O)c1ccccc1N1CCCC1=O. The maximum Gasteiger partial charge on any atom is 0.340 e. The van der Waals surface area contributed by atoms with E-state index in [1.165, 1.54) is 14.0 Å². The van der Waals surface area contributed by atoms with Crippen LogP contribution in [0.2, 0.25) is 0 Å². The van der Waals surface area contributed by atoms with E-state index in [1.807, 2.05) is 0 Å². The Hall–Kier alpha value is -3.15. The number of esters is 1. The molecule has 6 heteroatoms. The van der Waals surface area contributed by atoms with Crippen LogP contribution in [0.5, 0.6) is 5.75 Å². The number of hydrogen-bond acceptors (Lipinski definition) is 5. The van der Waals surface area contributed by atoms with Crippen LogP contribution >= 0.6 is 0 Å². The Morgan fingerprint density at radius 2 is 1.93 bits per heavy atom. The van der Waals surface area contributed by atoms with E-state index in [0.717, 1.165) is 6.42 Å². The van der Waals surface area contributed by atoms with E-state index in [2.05, 4.69) is 0 Å². The van der Waals surface area contributed by atoms with Gasteiger partial charge < -0.3 is 14.4 Å². The second-order valence-electron chi connectivity index (χ2n) is 6.33. The number of nitrogens with zero attached hydrogens (tertiary/aromatic N) is 1. The van der Waals surface area contributed by atoms with Crippen LogP contribution in [0.3, 0.4) is 0 Å². The molecule has 6 nitrogen and oxygen atoms in total. The van der Waals surface area contributed by atoms with Crippen molar-refractivity contribution in [1.82, 2.24) is 0 Å². The second-order valence-corrected chi connectivity index (χ2v) is 6.33. The quantitative estimate of drug-likeness (QED) is 0.578. The molecule has 1 fully saturated rings. The highest BCUT2D eigenvalue weighted by molar-refractivity contribution is 6.03. The van der Waals surface area contributed by atoms with Crippen molar-refractivity contribution in [3.63, 3.8) is 0 Å². The van der Waals surface area contributed by atoms with Gasteiger partial charge >= 0.3 is 5.97 Å². The van der Waals surface area contributed by atoms with Gasteiger partial charge in [-0.15, -0.1) is 0 Å². The Morgan fingerprint density at radius 1 is 1.15 bits per heavy atom. The van der Waals surface area contributed by atoms with E-state index in [9.17, 15) is 14.4 Å². The van der Waals surface area contributed by atoms with E-state index in [4.69, 9.17) is 9.47 Å². The smallest absolute Gasteiger partial charge is 0.340 e. The molecule has 1 heterocycles. The molecule has 1 aliphatic heterocycles. The number of para-hydroxylation sites is 1. The van der Waals surface area contributed by atoms with Crippen LogP contribution in [-0.2, 0) is 16.1 Å². The summed E-state index contributed by atoms with van der Waals surface area (Å²) in [6, 6.07) is 11.9. The Balaban J connectivity index is 1.80. The molecule has 0 N–H and O–H groups in total. The van der Waals surface area contributed by atoms with Gasteiger partial charge in [-0.05, 0) is 43.7 Å². The zero-order valence-corrected chi connectivity index (χ0v) is 15.4. The summed E-state index contributed by atoms with van der Waals surface area (Å²) in [4.78, 5) is 37.9. The number of hydrogen-bond donors (Lipinski definition) is 0. The van der Waals surface area contributed by atoms with Gasteiger partial charge in [-0.2, -0.15) is 0 Å². The Morgan fingerprint density at radius 3 is 2.59 bits per heavy atom. The monoisotopic (exact) mass is 367 g/mol. The first-order chi connectivity index (χ1) is 13.0. The second kappa shape index (κ2) is 8.03. The van der Waals surface area contributed by atoms with Crippen LogP contribution in [0.4, 0.5) is 5.69 Å². The Bertz CT molecular complexity index is 890. The molecule has 1 saturated heterocycles. The van der Waals surface area contributed by atoms with Crippen LogP contribution in [0.1, 0.15) is 46.0 Å². The number of ether oxygens (including phenoxy) is 2. The van der Waals surface area contributed by atoms with Crippen LogP contribution in [-0.4, -0.2) is 31.3 Å². The lowest BCUT2D eigenvalue weighted by atomic mass is 10.1. The third-order valence-electron chi connectivity index (χ3n) is 4.53. The number of methoxy groups -OCH3 is 1. The standard InChI is InChI=1S/C21H21NO5/c1-14(23)15-9-10-19(26-2)16(12-15)13-27-21(25)17-6-3-4-7-18(17)22-11-5-8-20(22)24/h3-4,6-7,9-10,12H,5,8,11,13H2,1-2H3. The highest BCUT2D eigenvalue weighted by atomic mass is 16.5. The number of ketones is 1. The summed E-state index contributed by atoms with van der Waals surface area (Å²) in [7, 11) is 1.52. The number of benzene rings is 2. The fourth-order valence-corrected chi connectivity index (χ4v) is 3.12. The third kappa shape index (κ3) is 4.00. The first kappa shape index (κ1) is 18.6. The topological polar surface area (TPSA) is 72.9 Å².